The molecule has 0 radical (unpaired) electrons. The lowest BCUT2D eigenvalue weighted by atomic mass is 10.1. The molecule has 0 aliphatic heterocycles. The topological polar surface area (TPSA) is 18.5 Å². The van der Waals surface area contributed by atoms with Crippen LogP contribution in [-0.4, -0.2) is 19.0 Å². The summed E-state index contributed by atoms with van der Waals surface area (Å²) in [5.74, 6) is 0. The highest BCUT2D eigenvalue weighted by Crippen LogP contribution is 2.12. The van der Waals surface area contributed by atoms with Gasteiger partial charge in [-0.05, 0) is 27.2 Å². The second kappa shape index (κ2) is 4.69. The average Bonchev–Trinajstić information content (AvgIpc) is 1.89. The Labute approximate surface area is 63.5 Å². The second-order valence-electron chi connectivity index (χ2n) is 2.87. The van der Waals surface area contributed by atoms with Gasteiger partial charge >= 0.3 is 0 Å². The van der Waals surface area contributed by atoms with E-state index in [1.807, 2.05) is 6.92 Å². The average molecular weight is 146 g/mol. The van der Waals surface area contributed by atoms with Crippen molar-refractivity contribution in [2.45, 2.75) is 39.7 Å². The van der Waals surface area contributed by atoms with Gasteiger partial charge in [-0.1, -0.05) is 6.92 Å². The Morgan fingerprint density at radius 1 is 1.20 bits per heavy atom. The maximum Gasteiger partial charge on any atom is 0.147 e. The summed E-state index contributed by atoms with van der Waals surface area (Å²) in [7, 11) is 0. The summed E-state index contributed by atoms with van der Waals surface area (Å²) in [4.78, 5) is 0. The van der Waals surface area contributed by atoms with Crippen LogP contribution in [0.2, 0.25) is 0 Å². The van der Waals surface area contributed by atoms with E-state index in [2.05, 4.69) is 20.8 Å². The Morgan fingerprint density at radius 3 is 2.20 bits per heavy atom. The molecule has 0 unspecified atom stereocenters. The Bertz CT molecular complexity index is 79.3. The Hall–Kier alpha value is -0.0800. The fourth-order valence-electron chi connectivity index (χ4n) is 0.387. The minimum absolute atomic E-state index is 0.0326. The number of rotatable bonds is 5. The van der Waals surface area contributed by atoms with Crippen LogP contribution in [0.15, 0.2) is 0 Å². The first kappa shape index (κ1) is 9.92. The van der Waals surface area contributed by atoms with Crippen molar-refractivity contribution in [1.82, 2.24) is 0 Å². The molecular weight excluding hydrogens is 128 g/mol. The summed E-state index contributed by atoms with van der Waals surface area (Å²) in [6.45, 7) is 9.32. The second-order valence-corrected chi connectivity index (χ2v) is 2.87. The van der Waals surface area contributed by atoms with E-state index in [0.29, 0.717) is 6.79 Å². The van der Waals surface area contributed by atoms with Crippen LogP contribution < -0.4 is 0 Å². The number of hydrogen-bond acceptors (Lipinski definition) is 2. The van der Waals surface area contributed by atoms with Gasteiger partial charge in [0.15, 0.2) is 0 Å². The van der Waals surface area contributed by atoms with Gasteiger partial charge in [0.25, 0.3) is 0 Å². The van der Waals surface area contributed by atoms with Crippen LogP contribution in [0.25, 0.3) is 0 Å². The van der Waals surface area contributed by atoms with Gasteiger partial charge in [0.1, 0.15) is 6.79 Å². The zero-order chi connectivity index (χ0) is 8.04. The quantitative estimate of drug-likeness (QED) is 0.437. The summed E-state index contributed by atoms with van der Waals surface area (Å²) in [6.07, 6.45) is 1.01. The molecule has 62 valence electrons. The van der Waals surface area contributed by atoms with Crippen molar-refractivity contribution >= 4 is 0 Å². The molecule has 0 aliphatic carbocycles. The molecule has 0 amide bonds. The van der Waals surface area contributed by atoms with Crippen molar-refractivity contribution in [3.8, 4) is 0 Å². The summed E-state index contributed by atoms with van der Waals surface area (Å²) < 4.78 is 10.4. The third kappa shape index (κ3) is 4.77. The van der Waals surface area contributed by atoms with E-state index < -0.39 is 0 Å². The highest BCUT2D eigenvalue weighted by Gasteiger charge is 2.14. The molecule has 2 heteroatoms. The molecule has 0 aliphatic rings. The largest absolute Gasteiger partial charge is 0.356 e. The maximum atomic E-state index is 5.40. The van der Waals surface area contributed by atoms with Crippen molar-refractivity contribution in [1.29, 1.82) is 0 Å². The van der Waals surface area contributed by atoms with Crippen LogP contribution in [-0.2, 0) is 9.47 Å². The molecule has 2 nitrogen and oxygen atoms in total. The molecular formula is C8H18O2. The maximum absolute atomic E-state index is 5.40. The smallest absolute Gasteiger partial charge is 0.147 e. The lowest BCUT2D eigenvalue weighted by molar-refractivity contribution is -0.126. The van der Waals surface area contributed by atoms with Gasteiger partial charge in [0.2, 0.25) is 0 Å². The fourth-order valence-corrected chi connectivity index (χ4v) is 0.387. The van der Waals surface area contributed by atoms with Gasteiger partial charge in [-0.15, -0.1) is 0 Å². The molecule has 0 N–H and O–H groups in total. The Morgan fingerprint density at radius 2 is 1.80 bits per heavy atom. The predicted molar refractivity (Wildman–Crippen MR) is 41.9 cm³/mol. The molecule has 0 rings (SSSR count). The van der Waals surface area contributed by atoms with E-state index >= 15 is 0 Å². The first-order chi connectivity index (χ1) is 4.62. The van der Waals surface area contributed by atoms with Crippen molar-refractivity contribution in [3.63, 3.8) is 0 Å². The van der Waals surface area contributed by atoms with E-state index in [4.69, 9.17) is 9.47 Å². The monoisotopic (exact) mass is 146 g/mol. The Kier molecular flexibility index (Phi) is 4.65. The molecule has 0 fully saturated rings. The standard InChI is InChI=1S/C8H18O2/c1-5-8(3,4)10-7-9-6-2/h5-7H2,1-4H3. The van der Waals surface area contributed by atoms with E-state index in [0.717, 1.165) is 13.0 Å². The molecule has 0 aromatic rings. The van der Waals surface area contributed by atoms with Crippen LogP contribution in [0.5, 0.6) is 0 Å². The fraction of sp³-hybridized carbons (Fsp3) is 1.00. The van der Waals surface area contributed by atoms with Crippen molar-refractivity contribution in [2.75, 3.05) is 13.4 Å². The molecule has 0 bridgehead atoms. The molecule has 0 aromatic heterocycles. The van der Waals surface area contributed by atoms with Crippen LogP contribution in [0, 0.1) is 0 Å². The summed E-state index contributed by atoms with van der Waals surface area (Å²) in [5.41, 5.74) is -0.0326. The molecule has 10 heavy (non-hydrogen) atoms. The molecule has 0 heterocycles. The van der Waals surface area contributed by atoms with Crippen LogP contribution in [0.4, 0.5) is 0 Å². The first-order valence-electron chi connectivity index (χ1n) is 3.84. The minimum atomic E-state index is -0.0326. The van der Waals surface area contributed by atoms with Gasteiger partial charge in [0.05, 0.1) is 5.60 Å². The number of ether oxygens (including phenoxy) is 2. The van der Waals surface area contributed by atoms with E-state index in [1.165, 1.54) is 0 Å². The van der Waals surface area contributed by atoms with E-state index in [-0.39, 0.29) is 5.60 Å². The Balaban J connectivity index is 3.28. The molecule has 0 saturated heterocycles. The van der Waals surface area contributed by atoms with Crippen LogP contribution in [0.3, 0.4) is 0 Å². The van der Waals surface area contributed by atoms with Gasteiger partial charge in [0, 0.05) is 6.61 Å². The zero-order valence-corrected chi connectivity index (χ0v) is 7.44. The molecule has 0 spiro atoms. The lowest BCUT2D eigenvalue weighted by Gasteiger charge is -2.22. The predicted octanol–water partition coefficient (Wildman–Crippen LogP) is 2.19. The number of hydrogen-bond donors (Lipinski definition) is 0. The molecule has 0 atom stereocenters. The normalized spacial score (nSPS) is 12.0. The van der Waals surface area contributed by atoms with E-state index in [9.17, 15) is 0 Å². The summed E-state index contributed by atoms with van der Waals surface area (Å²) in [6, 6.07) is 0. The highest BCUT2D eigenvalue weighted by atomic mass is 16.7. The first-order valence-corrected chi connectivity index (χ1v) is 3.84. The van der Waals surface area contributed by atoms with Crippen LogP contribution >= 0.6 is 0 Å². The molecule has 0 aromatic carbocycles. The van der Waals surface area contributed by atoms with Gasteiger partial charge in [-0.2, -0.15) is 0 Å². The summed E-state index contributed by atoms with van der Waals surface area (Å²) in [5, 5.41) is 0. The third-order valence-electron chi connectivity index (χ3n) is 1.59. The zero-order valence-electron chi connectivity index (χ0n) is 7.44. The van der Waals surface area contributed by atoms with Crippen molar-refractivity contribution in [3.05, 3.63) is 0 Å². The highest BCUT2D eigenvalue weighted by molar-refractivity contribution is 4.63. The van der Waals surface area contributed by atoms with Crippen molar-refractivity contribution in [2.24, 2.45) is 0 Å². The lowest BCUT2D eigenvalue weighted by Crippen LogP contribution is -2.24. The summed E-state index contributed by atoms with van der Waals surface area (Å²) >= 11 is 0. The van der Waals surface area contributed by atoms with Crippen molar-refractivity contribution < 1.29 is 9.47 Å². The SMILES string of the molecule is CCOCOC(C)(C)CC. The van der Waals surface area contributed by atoms with Gasteiger partial charge < -0.3 is 9.47 Å². The van der Waals surface area contributed by atoms with Crippen LogP contribution in [0.1, 0.15) is 34.1 Å². The van der Waals surface area contributed by atoms with E-state index in [1.54, 1.807) is 0 Å². The minimum Gasteiger partial charge on any atom is -0.356 e. The van der Waals surface area contributed by atoms with Gasteiger partial charge in [-0.3, -0.25) is 0 Å². The van der Waals surface area contributed by atoms with Gasteiger partial charge in [-0.25, -0.2) is 0 Å². The molecule has 0 saturated carbocycles. The third-order valence-corrected chi connectivity index (χ3v) is 1.59.